The molecule has 102 valence electrons. The highest BCUT2D eigenvalue weighted by atomic mass is 32.2. The normalized spacial score (nSPS) is 11.6. The molecule has 1 N–H and O–H groups in total. The van der Waals surface area contributed by atoms with Gasteiger partial charge in [0.2, 0.25) is 10.0 Å². The third-order valence-electron chi connectivity index (χ3n) is 2.80. The number of oxazole rings is 1. The van der Waals surface area contributed by atoms with Crippen LogP contribution < -0.4 is 4.72 Å². The molecule has 0 bridgehead atoms. The topological polar surface area (TPSA) is 72.2 Å². The molecule has 0 fully saturated rings. The average molecular weight is 288 g/mol. The molecular weight excluding hydrogens is 276 g/mol. The first-order valence-electron chi connectivity index (χ1n) is 6.00. The van der Waals surface area contributed by atoms with Gasteiger partial charge in [0.05, 0.1) is 11.4 Å². The van der Waals surface area contributed by atoms with Crippen LogP contribution in [-0.4, -0.2) is 13.4 Å². The lowest BCUT2D eigenvalue weighted by molar-refractivity contribution is 0.599. The minimum absolute atomic E-state index is 0.0648. The molecule has 6 heteroatoms. The largest absolute Gasteiger partial charge is 0.443 e. The Morgan fingerprint density at radius 2 is 1.90 bits per heavy atom. The van der Waals surface area contributed by atoms with Crippen molar-refractivity contribution in [1.29, 1.82) is 0 Å². The van der Waals surface area contributed by atoms with Gasteiger partial charge in [-0.15, -0.1) is 0 Å². The second kappa shape index (κ2) is 4.97. The summed E-state index contributed by atoms with van der Waals surface area (Å²) >= 11 is 0. The zero-order chi connectivity index (χ0) is 14.0. The summed E-state index contributed by atoms with van der Waals surface area (Å²) in [6.45, 7) is 0. The molecular formula is C14H12N2O3S. The fraction of sp³-hybridized carbons (Fsp3) is 0.0714. The Morgan fingerprint density at radius 3 is 2.70 bits per heavy atom. The van der Waals surface area contributed by atoms with E-state index in [1.807, 2.05) is 18.2 Å². The molecule has 0 aliphatic carbocycles. The van der Waals surface area contributed by atoms with E-state index >= 15 is 0 Å². The zero-order valence-corrected chi connectivity index (χ0v) is 11.3. The van der Waals surface area contributed by atoms with Crippen molar-refractivity contribution in [3.8, 4) is 0 Å². The molecule has 0 atom stereocenters. The number of fused-ring (bicyclic) bond motifs is 1. The third kappa shape index (κ3) is 2.80. The standard InChI is InChI=1S/C14H12N2O3S/c17-20(18,9-11-4-2-1-3-5-11)16-12-6-7-14-13(8-12)15-10-19-14/h1-8,10,16H,9H2. The van der Waals surface area contributed by atoms with E-state index < -0.39 is 10.0 Å². The van der Waals surface area contributed by atoms with Crippen LogP contribution in [0.3, 0.4) is 0 Å². The Labute approximate surface area is 116 Å². The van der Waals surface area contributed by atoms with Crippen molar-refractivity contribution in [2.75, 3.05) is 4.72 Å². The van der Waals surface area contributed by atoms with Crippen LogP contribution in [0.25, 0.3) is 11.1 Å². The van der Waals surface area contributed by atoms with Gasteiger partial charge in [-0.05, 0) is 23.8 Å². The first-order chi connectivity index (χ1) is 9.62. The van der Waals surface area contributed by atoms with Crippen molar-refractivity contribution in [2.45, 2.75) is 5.75 Å². The summed E-state index contributed by atoms with van der Waals surface area (Å²) < 4.78 is 31.8. The van der Waals surface area contributed by atoms with E-state index in [0.717, 1.165) is 5.56 Å². The Kier molecular flexibility index (Phi) is 3.15. The van der Waals surface area contributed by atoms with E-state index in [1.165, 1.54) is 6.39 Å². The van der Waals surface area contributed by atoms with Gasteiger partial charge in [-0.25, -0.2) is 13.4 Å². The highest BCUT2D eigenvalue weighted by Crippen LogP contribution is 2.19. The molecule has 1 aromatic heterocycles. The highest BCUT2D eigenvalue weighted by Gasteiger charge is 2.12. The van der Waals surface area contributed by atoms with Crippen molar-refractivity contribution in [3.05, 3.63) is 60.5 Å². The van der Waals surface area contributed by atoms with Gasteiger partial charge in [-0.1, -0.05) is 30.3 Å². The van der Waals surface area contributed by atoms with E-state index in [9.17, 15) is 8.42 Å². The van der Waals surface area contributed by atoms with Gasteiger partial charge >= 0.3 is 0 Å². The Morgan fingerprint density at radius 1 is 1.10 bits per heavy atom. The number of benzene rings is 2. The van der Waals surface area contributed by atoms with Crippen LogP contribution in [0, 0.1) is 0 Å². The quantitative estimate of drug-likeness (QED) is 0.801. The number of sulfonamides is 1. The van der Waals surface area contributed by atoms with Crippen LogP contribution in [0.4, 0.5) is 5.69 Å². The summed E-state index contributed by atoms with van der Waals surface area (Å²) in [5.41, 5.74) is 2.45. The molecule has 0 saturated heterocycles. The van der Waals surface area contributed by atoms with E-state index in [2.05, 4.69) is 9.71 Å². The number of hydrogen-bond acceptors (Lipinski definition) is 4. The van der Waals surface area contributed by atoms with Crippen LogP contribution >= 0.6 is 0 Å². The van der Waals surface area contributed by atoms with Crippen molar-refractivity contribution in [3.63, 3.8) is 0 Å². The lowest BCUT2D eigenvalue weighted by atomic mass is 10.2. The number of anilines is 1. The third-order valence-corrected chi connectivity index (χ3v) is 4.06. The number of aromatic nitrogens is 1. The summed E-state index contributed by atoms with van der Waals surface area (Å²) in [5, 5.41) is 0. The Balaban J connectivity index is 1.82. The van der Waals surface area contributed by atoms with Gasteiger partial charge < -0.3 is 4.42 Å². The van der Waals surface area contributed by atoms with Crippen LogP contribution in [0.2, 0.25) is 0 Å². The minimum Gasteiger partial charge on any atom is -0.443 e. The molecule has 0 saturated carbocycles. The number of nitrogens with zero attached hydrogens (tertiary/aromatic N) is 1. The Bertz CT molecular complexity index is 826. The van der Waals surface area contributed by atoms with Gasteiger partial charge in [-0.2, -0.15) is 0 Å². The van der Waals surface area contributed by atoms with Gasteiger partial charge in [0.15, 0.2) is 12.0 Å². The van der Waals surface area contributed by atoms with Crippen LogP contribution in [0.5, 0.6) is 0 Å². The first-order valence-corrected chi connectivity index (χ1v) is 7.65. The summed E-state index contributed by atoms with van der Waals surface area (Å²) in [5.74, 6) is -0.0648. The fourth-order valence-electron chi connectivity index (χ4n) is 1.93. The van der Waals surface area contributed by atoms with E-state index in [0.29, 0.717) is 16.8 Å². The number of hydrogen-bond donors (Lipinski definition) is 1. The lowest BCUT2D eigenvalue weighted by Crippen LogP contribution is -2.14. The van der Waals surface area contributed by atoms with Crippen molar-refractivity contribution in [1.82, 2.24) is 4.98 Å². The Hall–Kier alpha value is -2.34. The molecule has 0 aliphatic rings. The molecule has 0 amide bonds. The zero-order valence-electron chi connectivity index (χ0n) is 10.5. The maximum absolute atomic E-state index is 12.1. The van der Waals surface area contributed by atoms with E-state index in [4.69, 9.17) is 4.42 Å². The van der Waals surface area contributed by atoms with Gasteiger partial charge in [0.25, 0.3) is 0 Å². The molecule has 0 spiro atoms. The van der Waals surface area contributed by atoms with Crippen LogP contribution in [0.15, 0.2) is 59.3 Å². The van der Waals surface area contributed by atoms with Crippen molar-refractivity contribution in [2.24, 2.45) is 0 Å². The molecule has 5 nitrogen and oxygen atoms in total. The minimum atomic E-state index is -3.45. The molecule has 0 aliphatic heterocycles. The second-order valence-corrected chi connectivity index (χ2v) is 6.10. The van der Waals surface area contributed by atoms with E-state index in [1.54, 1.807) is 30.3 Å². The summed E-state index contributed by atoms with van der Waals surface area (Å²) in [6, 6.07) is 14.0. The first kappa shape index (κ1) is 12.7. The second-order valence-electron chi connectivity index (χ2n) is 4.38. The van der Waals surface area contributed by atoms with Gasteiger partial charge in [-0.3, -0.25) is 4.72 Å². The smallest absolute Gasteiger partial charge is 0.236 e. The maximum Gasteiger partial charge on any atom is 0.236 e. The molecule has 1 heterocycles. The van der Waals surface area contributed by atoms with E-state index in [-0.39, 0.29) is 5.75 Å². The molecule has 3 aromatic rings. The predicted molar refractivity (Wildman–Crippen MR) is 76.7 cm³/mol. The molecule has 2 aromatic carbocycles. The summed E-state index contributed by atoms with van der Waals surface area (Å²) in [6.07, 6.45) is 1.33. The molecule has 20 heavy (non-hydrogen) atoms. The van der Waals surface area contributed by atoms with Crippen molar-refractivity contribution >= 4 is 26.8 Å². The molecule has 0 unspecified atom stereocenters. The lowest BCUT2D eigenvalue weighted by Gasteiger charge is -2.07. The van der Waals surface area contributed by atoms with Crippen LogP contribution in [-0.2, 0) is 15.8 Å². The predicted octanol–water partition coefficient (Wildman–Crippen LogP) is 2.77. The summed E-state index contributed by atoms with van der Waals surface area (Å²) in [7, 11) is -3.45. The number of rotatable bonds is 4. The van der Waals surface area contributed by atoms with Crippen molar-refractivity contribution < 1.29 is 12.8 Å². The molecule has 0 radical (unpaired) electrons. The SMILES string of the molecule is O=S(=O)(Cc1ccccc1)Nc1ccc2ocnc2c1. The molecule has 3 rings (SSSR count). The number of nitrogens with one attached hydrogen (secondary N) is 1. The summed E-state index contributed by atoms with van der Waals surface area (Å²) in [4.78, 5) is 3.99. The fourth-order valence-corrected chi connectivity index (χ4v) is 3.12. The van der Waals surface area contributed by atoms with Gasteiger partial charge in [0.1, 0.15) is 5.52 Å². The maximum atomic E-state index is 12.1. The average Bonchev–Trinajstić information content (AvgIpc) is 2.86. The van der Waals surface area contributed by atoms with Crippen LogP contribution in [0.1, 0.15) is 5.56 Å². The monoisotopic (exact) mass is 288 g/mol. The highest BCUT2D eigenvalue weighted by molar-refractivity contribution is 7.91. The van der Waals surface area contributed by atoms with Gasteiger partial charge in [0, 0.05) is 0 Å².